The summed E-state index contributed by atoms with van der Waals surface area (Å²) in [6, 6.07) is 2.66. The van der Waals surface area contributed by atoms with Gasteiger partial charge < -0.3 is 15.2 Å². The smallest absolute Gasteiger partial charge is 0.196 e. The lowest BCUT2D eigenvalue weighted by Gasteiger charge is -2.28. The van der Waals surface area contributed by atoms with Crippen molar-refractivity contribution in [2.24, 2.45) is 0 Å². The molecule has 0 aliphatic carbocycles. The average molecular weight is 366 g/mol. The first-order chi connectivity index (χ1) is 12.5. The first-order valence-corrected chi connectivity index (χ1v) is 8.09. The molecule has 1 aliphatic rings. The molecule has 1 aliphatic heterocycles. The fraction of sp³-hybridized carbons (Fsp3) is 0.412. The minimum absolute atomic E-state index is 0.0430. The third-order valence-electron chi connectivity index (χ3n) is 4.21. The van der Waals surface area contributed by atoms with Gasteiger partial charge in [0, 0.05) is 37.8 Å². The van der Waals surface area contributed by atoms with Gasteiger partial charge >= 0.3 is 0 Å². The summed E-state index contributed by atoms with van der Waals surface area (Å²) in [5.74, 6) is -4.40. The number of anilines is 1. The number of aliphatic hydroxyl groups is 1. The van der Waals surface area contributed by atoms with Crippen LogP contribution in [0.2, 0.25) is 0 Å². The van der Waals surface area contributed by atoms with E-state index >= 15 is 0 Å². The van der Waals surface area contributed by atoms with Gasteiger partial charge in [0.1, 0.15) is 11.6 Å². The molecule has 138 valence electrons. The summed E-state index contributed by atoms with van der Waals surface area (Å²) in [5.41, 5.74) is -0.231. The first-order valence-electron chi connectivity index (χ1n) is 8.09. The molecule has 1 fully saturated rings. The average Bonchev–Trinajstić information content (AvgIpc) is 2.65. The van der Waals surface area contributed by atoms with Crippen molar-refractivity contribution in [2.75, 3.05) is 44.7 Å². The number of nitriles is 1. The van der Waals surface area contributed by atoms with Gasteiger partial charge in [0.25, 0.3) is 0 Å². The van der Waals surface area contributed by atoms with E-state index in [2.05, 4.69) is 10.3 Å². The predicted octanol–water partition coefficient (Wildman–Crippen LogP) is 1.63. The number of benzene rings is 1. The molecule has 0 spiro atoms. The first kappa shape index (κ1) is 18.4. The molecule has 6 nitrogen and oxygen atoms in total. The van der Waals surface area contributed by atoms with Crippen molar-refractivity contribution >= 4 is 16.6 Å². The van der Waals surface area contributed by atoms with Crippen LogP contribution in [-0.4, -0.2) is 60.5 Å². The minimum Gasteiger partial charge on any atom is -0.390 e. The SMILES string of the molecule is N#Cc1cnc2c(F)c(F)c(F)cc2c1NCC(O)CN1CCOCC1. The molecule has 1 aromatic carbocycles. The van der Waals surface area contributed by atoms with Crippen LogP contribution < -0.4 is 5.32 Å². The number of rotatable bonds is 5. The van der Waals surface area contributed by atoms with E-state index in [4.69, 9.17) is 4.74 Å². The van der Waals surface area contributed by atoms with Gasteiger partial charge in [-0.05, 0) is 6.07 Å². The van der Waals surface area contributed by atoms with E-state index in [1.807, 2.05) is 11.0 Å². The van der Waals surface area contributed by atoms with E-state index in [0.29, 0.717) is 32.8 Å². The molecule has 2 N–H and O–H groups in total. The number of fused-ring (bicyclic) bond motifs is 1. The Morgan fingerprint density at radius 1 is 1.31 bits per heavy atom. The molecular weight excluding hydrogens is 349 g/mol. The zero-order chi connectivity index (χ0) is 18.7. The standard InChI is InChI=1S/C17H17F3N4O2/c18-13-5-12-16(10(6-21)7-22-17(12)15(20)14(13)19)23-8-11(25)9-24-1-3-26-4-2-24/h5,7,11,25H,1-4,8-9H2,(H,22,23). The fourth-order valence-electron chi connectivity index (χ4n) is 2.88. The van der Waals surface area contributed by atoms with Crippen molar-refractivity contribution in [1.82, 2.24) is 9.88 Å². The van der Waals surface area contributed by atoms with Gasteiger partial charge in [0.2, 0.25) is 0 Å². The Labute approximate surface area is 147 Å². The number of ether oxygens (including phenoxy) is 1. The monoisotopic (exact) mass is 366 g/mol. The Kier molecular flexibility index (Phi) is 5.56. The zero-order valence-electron chi connectivity index (χ0n) is 13.8. The van der Waals surface area contributed by atoms with Gasteiger partial charge in [0.15, 0.2) is 17.5 Å². The molecule has 1 atom stereocenters. The van der Waals surface area contributed by atoms with Gasteiger partial charge in [0.05, 0.1) is 30.6 Å². The summed E-state index contributed by atoms with van der Waals surface area (Å²) in [5, 5.41) is 22.2. The molecule has 1 unspecified atom stereocenters. The van der Waals surface area contributed by atoms with Crippen LogP contribution in [0.3, 0.4) is 0 Å². The number of nitrogens with zero attached hydrogens (tertiary/aromatic N) is 3. The second kappa shape index (κ2) is 7.86. The number of aliphatic hydroxyl groups excluding tert-OH is 1. The highest BCUT2D eigenvalue weighted by molar-refractivity contribution is 5.94. The highest BCUT2D eigenvalue weighted by Crippen LogP contribution is 2.29. The molecule has 0 radical (unpaired) electrons. The molecule has 26 heavy (non-hydrogen) atoms. The Bertz CT molecular complexity index is 850. The third kappa shape index (κ3) is 3.72. The van der Waals surface area contributed by atoms with Gasteiger partial charge in [-0.3, -0.25) is 9.88 Å². The molecule has 0 saturated carbocycles. The lowest BCUT2D eigenvalue weighted by atomic mass is 10.1. The zero-order valence-corrected chi connectivity index (χ0v) is 13.8. The number of β-amino-alcohol motifs (C(OH)–C–C–N with tert-alkyl or cyclic N) is 1. The lowest BCUT2D eigenvalue weighted by molar-refractivity contribution is 0.0171. The maximum absolute atomic E-state index is 13.9. The maximum Gasteiger partial charge on any atom is 0.196 e. The van der Waals surface area contributed by atoms with Crippen LogP contribution in [0.4, 0.5) is 18.9 Å². The summed E-state index contributed by atoms with van der Waals surface area (Å²) >= 11 is 0. The molecule has 0 bridgehead atoms. The van der Waals surface area contributed by atoms with Crippen LogP contribution in [0, 0.1) is 28.8 Å². The van der Waals surface area contributed by atoms with Gasteiger partial charge in [-0.25, -0.2) is 13.2 Å². The summed E-state index contributed by atoms with van der Waals surface area (Å²) in [7, 11) is 0. The van der Waals surface area contributed by atoms with Crippen molar-refractivity contribution in [3.63, 3.8) is 0 Å². The van der Waals surface area contributed by atoms with Crippen LogP contribution in [-0.2, 0) is 4.74 Å². The number of hydrogen-bond donors (Lipinski definition) is 2. The molecule has 1 saturated heterocycles. The maximum atomic E-state index is 13.9. The fourth-order valence-corrected chi connectivity index (χ4v) is 2.88. The summed E-state index contributed by atoms with van der Waals surface area (Å²) in [6.07, 6.45) is 0.303. The van der Waals surface area contributed by atoms with E-state index in [1.54, 1.807) is 0 Å². The van der Waals surface area contributed by atoms with E-state index in [1.165, 1.54) is 0 Å². The van der Waals surface area contributed by atoms with E-state index < -0.39 is 23.6 Å². The molecule has 3 rings (SSSR count). The number of hydrogen-bond acceptors (Lipinski definition) is 6. The largest absolute Gasteiger partial charge is 0.390 e. The molecule has 2 aromatic rings. The second-order valence-electron chi connectivity index (χ2n) is 5.99. The van der Waals surface area contributed by atoms with Crippen molar-refractivity contribution < 1.29 is 23.0 Å². The van der Waals surface area contributed by atoms with Crippen molar-refractivity contribution in [1.29, 1.82) is 5.26 Å². The third-order valence-corrected chi connectivity index (χ3v) is 4.21. The van der Waals surface area contributed by atoms with Crippen LogP contribution in [0.25, 0.3) is 10.9 Å². The minimum atomic E-state index is -1.62. The molecule has 9 heteroatoms. The van der Waals surface area contributed by atoms with E-state index in [-0.39, 0.29) is 28.7 Å². The van der Waals surface area contributed by atoms with Crippen molar-refractivity contribution in [3.05, 3.63) is 35.3 Å². The Morgan fingerprint density at radius 3 is 2.73 bits per heavy atom. The van der Waals surface area contributed by atoms with E-state index in [0.717, 1.165) is 12.3 Å². The lowest BCUT2D eigenvalue weighted by Crippen LogP contribution is -2.42. The normalized spacial score (nSPS) is 16.4. The summed E-state index contributed by atoms with van der Waals surface area (Å²) in [6.45, 7) is 3.03. The quantitative estimate of drug-likeness (QED) is 0.783. The Hall–Kier alpha value is -2.41. The second-order valence-corrected chi connectivity index (χ2v) is 5.99. The van der Waals surface area contributed by atoms with Crippen LogP contribution in [0.5, 0.6) is 0 Å². The van der Waals surface area contributed by atoms with Crippen LogP contribution in [0.15, 0.2) is 12.3 Å². The van der Waals surface area contributed by atoms with Crippen LogP contribution in [0.1, 0.15) is 5.56 Å². The highest BCUT2D eigenvalue weighted by Gasteiger charge is 2.20. The molecular formula is C17H17F3N4O2. The number of pyridine rings is 1. The Morgan fingerprint density at radius 2 is 2.04 bits per heavy atom. The topological polar surface area (TPSA) is 81.4 Å². The van der Waals surface area contributed by atoms with E-state index in [9.17, 15) is 23.5 Å². The van der Waals surface area contributed by atoms with Gasteiger partial charge in [-0.1, -0.05) is 0 Å². The van der Waals surface area contributed by atoms with Crippen molar-refractivity contribution in [3.8, 4) is 6.07 Å². The predicted molar refractivity (Wildman–Crippen MR) is 88.1 cm³/mol. The highest BCUT2D eigenvalue weighted by atomic mass is 19.2. The summed E-state index contributed by atoms with van der Waals surface area (Å²) in [4.78, 5) is 5.73. The molecule has 0 amide bonds. The molecule has 1 aromatic heterocycles. The molecule has 2 heterocycles. The van der Waals surface area contributed by atoms with Gasteiger partial charge in [-0.2, -0.15) is 5.26 Å². The van der Waals surface area contributed by atoms with Crippen LogP contribution >= 0.6 is 0 Å². The number of halogens is 3. The number of morpholine rings is 1. The summed E-state index contributed by atoms with van der Waals surface area (Å²) < 4.78 is 46.2. The van der Waals surface area contributed by atoms with Crippen molar-refractivity contribution in [2.45, 2.75) is 6.10 Å². The number of aromatic nitrogens is 1. The number of nitrogens with one attached hydrogen (secondary N) is 1. The Balaban J connectivity index is 1.83. The van der Waals surface area contributed by atoms with Gasteiger partial charge in [-0.15, -0.1) is 0 Å².